The number of carbonyl (C=O) groups is 1. The Morgan fingerprint density at radius 1 is 1.10 bits per heavy atom. The number of hydrogen-bond donors (Lipinski definition) is 1. The third-order valence-corrected chi connectivity index (χ3v) is 7.06. The summed E-state index contributed by atoms with van der Waals surface area (Å²) >= 11 is 6.03. The molecule has 1 amide bonds. The molecule has 0 bridgehead atoms. The molecule has 1 aliphatic heterocycles. The number of rotatable bonds is 8. The first-order chi connectivity index (χ1) is 14.4. The summed E-state index contributed by atoms with van der Waals surface area (Å²) in [6, 6.07) is 11.2. The number of nitrogens with one attached hydrogen (secondary N) is 1. The fourth-order valence-corrected chi connectivity index (χ4v) is 4.98. The number of halogens is 1. The van der Waals surface area contributed by atoms with Gasteiger partial charge in [-0.25, -0.2) is 8.42 Å². The summed E-state index contributed by atoms with van der Waals surface area (Å²) in [6.07, 6.45) is 2.87. The molecule has 7 nitrogen and oxygen atoms in total. The van der Waals surface area contributed by atoms with Crippen molar-refractivity contribution >= 4 is 27.5 Å². The highest BCUT2D eigenvalue weighted by Crippen LogP contribution is 2.25. The molecule has 162 valence electrons. The monoisotopic (exact) mass is 452 g/mol. The zero-order chi connectivity index (χ0) is 21.6. The summed E-state index contributed by atoms with van der Waals surface area (Å²) < 4.78 is 37.5. The van der Waals surface area contributed by atoms with Crippen molar-refractivity contribution in [3.8, 4) is 11.5 Å². The summed E-state index contributed by atoms with van der Waals surface area (Å²) in [6.45, 7) is 1.67. The highest BCUT2D eigenvalue weighted by atomic mass is 35.5. The van der Waals surface area contributed by atoms with Crippen molar-refractivity contribution in [3.63, 3.8) is 0 Å². The van der Waals surface area contributed by atoms with E-state index >= 15 is 0 Å². The smallest absolute Gasteiger partial charge is 0.251 e. The highest BCUT2D eigenvalue weighted by Gasteiger charge is 2.25. The first kappa shape index (κ1) is 22.4. The Morgan fingerprint density at radius 2 is 1.80 bits per heavy atom. The molecule has 0 saturated carbocycles. The van der Waals surface area contributed by atoms with Crippen LogP contribution in [0.1, 0.15) is 29.6 Å². The van der Waals surface area contributed by atoms with Crippen LogP contribution in [0.3, 0.4) is 0 Å². The Labute approximate surface area is 182 Å². The molecule has 0 aliphatic carbocycles. The predicted octanol–water partition coefficient (Wildman–Crippen LogP) is 3.33. The molecule has 1 saturated heterocycles. The van der Waals surface area contributed by atoms with Gasteiger partial charge in [-0.3, -0.25) is 4.79 Å². The van der Waals surface area contributed by atoms with Crippen molar-refractivity contribution < 1.29 is 22.7 Å². The Bertz CT molecular complexity index is 973. The van der Waals surface area contributed by atoms with Gasteiger partial charge in [0.2, 0.25) is 10.0 Å². The molecule has 9 heteroatoms. The lowest BCUT2D eigenvalue weighted by Crippen LogP contribution is -2.35. The molecule has 1 N–H and O–H groups in total. The van der Waals surface area contributed by atoms with Crippen LogP contribution in [0.15, 0.2) is 47.4 Å². The van der Waals surface area contributed by atoms with E-state index in [1.807, 2.05) is 0 Å². The third kappa shape index (κ3) is 5.44. The van der Waals surface area contributed by atoms with Crippen molar-refractivity contribution in [1.82, 2.24) is 9.62 Å². The molecular weight excluding hydrogens is 428 g/mol. The molecule has 0 atom stereocenters. The van der Waals surface area contributed by atoms with Gasteiger partial charge >= 0.3 is 0 Å². The first-order valence-corrected chi connectivity index (χ1v) is 11.6. The zero-order valence-electron chi connectivity index (χ0n) is 16.8. The fourth-order valence-electron chi connectivity index (χ4n) is 3.21. The summed E-state index contributed by atoms with van der Waals surface area (Å²) in [5, 5.41) is 3.11. The van der Waals surface area contributed by atoms with Crippen molar-refractivity contribution in [2.24, 2.45) is 0 Å². The standard InChI is InChI=1S/C21H25ClN2O5S/c1-28-20-10-5-16(15-19(20)22)21(25)23-11-14-29-17-6-8-18(9-7-17)30(26,27)24-12-3-2-4-13-24/h5-10,15H,2-4,11-14H2,1H3,(H,23,25). The van der Waals surface area contributed by atoms with Crippen LogP contribution in [-0.4, -0.2) is 52.0 Å². The minimum atomic E-state index is -3.45. The Kier molecular flexibility index (Phi) is 7.58. The summed E-state index contributed by atoms with van der Waals surface area (Å²) in [5.41, 5.74) is 0.424. The summed E-state index contributed by atoms with van der Waals surface area (Å²) in [4.78, 5) is 12.4. The molecule has 1 fully saturated rings. The number of hydrogen-bond acceptors (Lipinski definition) is 5. The number of nitrogens with zero attached hydrogens (tertiary/aromatic N) is 1. The molecule has 1 aliphatic rings. The molecule has 0 spiro atoms. The van der Waals surface area contributed by atoms with Gasteiger partial charge in [-0.2, -0.15) is 4.31 Å². The maximum absolute atomic E-state index is 12.7. The molecular formula is C21H25ClN2O5S. The van der Waals surface area contributed by atoms with Gasteiger partial charge in [0.25, 0.3) is 5.91 Å². The van der Waals surface area contributed by atoms with Gasteiger partial charge in [0.05, 0.1) is 23.6 Å². The number of carbonyl (C=O) groups excluding carboxylic acids is 1. The highest BCUT2D eigenvalue weighted by molar-refractivity contribution is 7.89. The Balaban J connectivity index is 1.48. The second-order valence-electron chi connectivity index (χ2n) is 6.89. The second-order valence-corrected chi connectivity index (χ2v) is 9.23. The van der Waals surface area contributed by atoms with Crippen LogP contribution in [-0.2, 0) is 10.0 Å². The van der Waals surface area contributed by atoms with E-state index < -0.39 is 10.0 Å². The fraction of sp³-hybridized carbons (Fsp3) is 0.381. The lowest BCUT2D eigenvalue weighted by atomic mass is 10.2. The van der Waals surface area contributed by atoms with E-state index in [4.69, 9.17) is 21.1 Å². The SMILES string of the molecule is COc1ccc(C(=O)NCCOc2ccc(S(=O)(=O)N3CCCCC3)cc2)cc1Cl. The quantitative estimate of drug-likeness (QED) is 0.621. The number of benzene rings is 2. The zero-order valence-corrected chi connectivity index (χ0v) is 18.3. The van der Waals surface area contributed by atoms with E-state index in [1.165, 1.54) is 17.5 Å². The average Bonchev–Trinajstić information content (AvgIpc) is 2.77. The van der Waals surface area contributed by atoms with Crippen molar-refractivity contribution in [3.05, 3.63) is 53.1 Å². The lowest BCUT2D eigenvalue weighted by molar-refractivity contribution is 0.0947. The van der Waals surface area contributed by atoms with E-state index in [-0.39, 0.29) is 24.0 Å². The maximum atomic E-state index is 12.7. The molecule has 1 heterocycles. The van der Waals surface area contributed by atoms with Crippen LogP contribution in [0.2, 0.25) is 5.02 Å². The second kappa shape index (κ2) is 10.1. The van der Waals surface area contributed by atoms with E-state index in [0.717, 1.165) is 19.3 Å². The van der Waals surface area contributed by atoms with Gasteiger partial charge in [0.15, 0.2) is 0 Å². The van der Waals surface area contributed by atoms with Gasteiger partial charge in [0, 0.05) is 18.7 Å². The van der Waals surface area contributed by atoms with Gasteiger partial charge < -0.3 is 14.8 Å². The van der Waals surface area contributed by atoms with Crippen molar-refractivity contribution in [2.45, 2.75) is 24.2 Å². The van der Waals surface area contributed by atoms with E-state index in [2.05, 4.69) is 5.32 Å². The number of amides is 1. The lowest BCUT2D eigenvalue weighted by Gasteiger charge is -2.25. The number of sulfonamides is 1. The Morgan fingerprint density at radius 3 is 2.43 bits per heavy atom. The molecule has 3 rings (SSSR count). The Hall–Kier alpha value is -2.29. The van der Waals surface area contributed by atoms with Gasteiger partial charge in [0.1, 0.15) is 18.1 Å². The van der Waals surface area contributed by atoms with Gasteiger partial charge in [-0.15, -0.1) is 0 Å². The van der Waals surface area contributed by atoms with E-state index in [1.54, 1.807) is 36.4 Å². The molecule has 0 aromatic heterocycles. The van der Waals surface area contributed by atoms with Crippen LogP contribution < -0.4 is 14.8 Å². The maximum Gasteiger partial charge on any atom is 0.251 e. The molecule has 0 unspecified atom stereocenters. The number of piperidine rings is 1. The largest absolute Gasteiger partial charge is 0.495 e. The minimum absolute atomic E-state index is 0.244. The molecule has 2 aromatic rings. The van der Waals surface area contributed by atoms with Crippen LogP contribution in [0.25, 0.3) is 0 Å². The molecule has 0 radical (unpaired) electrons. The van der Waals surface area contributed by atoms with Crippen molar-refractivity contribution in [1.29, 1.82) is 0 Å². The van der Waals surface area contributed by atoms with Gasteiger partial charge in [-0.05, 0) is 55.3 Å². The third-order valence-electron chi connectivity index (χ3n) is 4.85. The number of methoxy groups -OCH3 is 1. The normalized spacial score (nSPS) is 14.9. The van der Waals surface area contributed by atoms with Crippen LogP contribution in [0.4, 0.5) is 0 Å². The summed E-state index contributed by atoms with van der Waals surface area (Å²) in [5.74, 6) is 0.766. The first-order valence-electron chi connectivity index (χ1n) is 9.76. The van der Waals surface area contributed by atoms with Gasteiger partial charge in [-0.1, -0.05) is 18.0 Å². The number of ether oxygens (including phenoxy) is 2. The molecule has 30 heavy (non-hydrogen) atoms. The predicted molar refractivity (Wildman–Crippen MR) is 115 cm³/mol. The van der Waals surface area contributed by atoms with E-state index in [9.17, 15) is 13.2 Å². The minimum Gasteiger partial charge on any atom is -0.495 e. The van der Waals surface area contributed by atoms with E-state index in [0.29, 0.717) is 35.2 Å². The molecule has 2 aromatic carbocycles. The van der Waals surface area contributed by atoms with Crippen molar-refractivity contribution in [2.75, 3.05) is 33.4 Å². The van der Waals surface area contributed by atoms with Crippen LogP contribution >= 0.6 is 11.6 Å². The van der Waals surface area contributed by atoms with Crippen LogP contribution in [0.5, 0.6) is 11.5 Å². The average molecular weight is 453 g/mol. The van der Waals surface area contributed by atoms with Crippen LogP contribution in [0, 0.1) is 0 Å². The topological polar surface area (TPSA) is 84.9 Å². The summed E-state index contributed by atoms with van der Waals surface area (Å²) in [7, 11) is -1.95.